The second kappa shape index (κ2) is 7.11. The molecule has 1 aliphatic rings. The monoisotopic (exact) mass is 340 g/mol. The lowest BCUT2D eigenvalue weighted by atomic mass is 10.3. The Morgan fingerprint density at radius 3 is 2.75 bits per heavy atom. The van der Waals surface area contributed by atoms with Crippen molar-refractivity contribution < 1.29 is 0 Å². The van der Waals surface area contributed by atoms with E-state index >= 15 is 0 Å². The van der Waals surface area contributed by atoms with Gasteiger partial charge in [-0.15, -0.1) is 10.2 Å². The summed E-state index contributed by atoms with van der Waals surface area (Å²) in [4.78, 5) is 6.46. The van der Waals surface area contributed by atoms with Gasteiger partial charge in [0.1, 0.15) is 0 Å². The third-order valence-electron chi connectivity index (χ3n) is 4.18. The molecule has 4 heterocycles. The van der Waals surface area contributed by atoms with Gasteiger partial charge in [0, 0.05) is 50.5 Å². The highest BCUT2D eigenvalue weighted by atomic mass is 32.1. The second-order valence-corrected chi connectivity index (χ2v) is 6.83. The van der Waals surface area contributed by atoms with E-state index in [0.717, 1.165) is 36.4 Å². The van der Waals surface area contributed by atoms with Gasteiger partial charge in [-0.1, -0.05) is 17.4 Å². The summed E-state index contributed by atoms with van der Waals surface area (Å²) < 4.78 is 2.12. The molecule has 1 saturated heterocycles. The van der Waals surface area contributed by atoms with Gasteiger partial charge >= 0.3 is 0 Å². The highest BCUT2D eigenvalue weighted by molar-refractivity contribution is 7.17. The number of hydrogen-bond acceptors (Lipinski definition) is 6. The molecule has 0 spiro atoms. The largest absolute Gasteiger partial charge is 0.347 e. The van der Waals surface area contributed by atoms with Crippen LogP contribution in [0.25, 0.3) is 5.13 Å². The Morgan fingerprint density at radius 1 is 1.04 bits per heavy atom. The van der Waals surface area contributed by atoms with Gasteiger partial charge in [0.05, 0.1) is 0 Å². The first-order valence-electron chi connectivity index (χ1n) is 8.25. The summed E-state index contributed by atoms with van der Waals surface area (Å²) in [5, 5.41) is 14.2. The van der Waals surface area contributed by atoms with E-state index in [4.69, 9.17) is 0 Å². The van der Waals surface area contributed by atoms with Crippen molar-refractivity contribution in [1.29, 1.82) is 0 Å². The Morgan fingerprint density at radius 2 is 1.92 bits per heavy atom. The highest BCUT2D eigenvalue weighted by Crippen LogP contribution is 2.27. The van der Waals surface area contributed by atoms with E-state index in [1.165, 1.54) is 24.1 Å². The molecule has 6 nitrogen and oxygen atoms in total. The molecule has 1 fully saturated rings. The van der Waals surface area contributed by atoms with E-state index in [-0.39, 0.29) is 0 Å². The fourth-order valence-electron chi connectivity index (χ4n) is 2.93. The number of pyridine rings is 1. The zero-order valence-electron chi connectivity index (χ0n) is 13.4. The maximum Gasteiger partial charge on any atom is 0.218 e. The average Bonchev–Trinajstić information content (AvgIpc) is 3.36. The van der Waals surface area contributed by atoms with Gasteiger partial charge in [-0.25, -0.2) is 0 Å². The van der Waals surface area contributed by atoms with Gasteiger partial charge in [0.2, 0.25) is 10.3 Å². The molecular formula is C17H20N6S. The molecule has 124 valence electrons. The number of nitrogens with one attached hydrogen (secondary N) is 1. The summed E-state index contributed by atoms with van der Waals surface area (Å²) in [6.45, 7) is 3.77. The molecule has 0 aromatic carbocycles. The molecule has 7 heteroatoms. The SMILES string of the molecule is c1cncc(CNCc2cccn2-c2nnc(N3CCCC3)s2)c1. The lowest BCUT2D eigenvalue weighted by Gasteiger charge is -2.11. The summed E-state index contributed by atoms with van der Waals surface area (Å²) in [5.41, 5.74) is 2.37. The molecular weight excluding hydrogens is 320 g/mol. The minimum Gasteiger partial charge on any atom is -0.347 e. The molecule has 1 N–H and O–H groups in total. The van der Waals surface area contributed by atoms with Crippen LogP contribution in [0.3, 0.4) is 0 Å². The maximum absolute atomic E-state index is 4.38. The topological polar surface area (TPSA) is 58.9 Å². The van der Waals surface area contributed by atoms with Crippen LogP contribution < -0.4 is 10.2 Å². The van der Waals surface area contributed by atoms with Crippen molar-refractivity contribution in [3.8, 4) is 5.13 Å². The first kappa shape index (κ1) is 15.3. The molecule has 1 aliphatic heterocycles. The maximum atomic E-state index is 4.38. The Balaban J connectivity index is 1.42. The zero-order chi connectivity index (χ0) is 16.2. The summed E-state index contributed by atoms with van der Waals surface area (Å²) in [5.74, 6) is 0. The van der Waals surface area contributed by atoms with Crippen LogP contribution in [0.5, 0.6) is 0 Å². The molecule has 0 amide bonds. The number of hydrogen-bond donors (Lipinski definition) is 1. The molecule has 3 aromatic heterocycles. The Bertz CT molecular complexity index is 775. The normalized spacial score (nSPS) is 14.4. The van der Waals surface area contributed by atoms with Crippen LogP contribution in [-0.2, 0) is 13.1 Å². The van der Waals surface area contributed by atoms with Crippen molar-refractivity contribution in [3.63, 3.8) is 0 Å². The van der Waals surface area contributed by atoms with Crippen molar-refractivity contribution in [1.82, 2.24) is 25.1 Å². The van der Waals surface area contributed by atoms with E-state index in [2.05, 4.69) is 54.4 Å². The molecule has 0 aliphatic carbocycles. The zero-order valence-corrected chi connectivity index (χ0v) is 14.2. The van der Waals surface area contributed by atoms with Crippen LogP contribution in [-0.4, -0.2) is 32.8 Å². The van der Waals surface area contributed by atoms with Crippen LogP contribution in [0.2, 0.25) is 0 Å². The van der Waals surface area contributed by atoms with E-state index in [0.29, 0.717) is 0 Å². The van der Waals surface area contributed by atoms with Crippen molar-refractivity contribution in [2.45, 2.75) is 25.9 Å². The summed E-state index contributed by atoms with van der Waals surface area (Å²) >= 11 is 1.66. The van der Waals surface area contributed by atoms with Crippen LogP contribution in [0.15, 0.2) is 42.9 Å². The molecule has 0 saturated carbocycles. The quantitative estimate of drug-likeness (QED) is 0.747. The number of anilines is 1. The molecule has 0 bridgehead atoms. The number of aromatic nitrogens is 4. The Labute approximate surface area is 145 Å². The Kier molecular flexibility index (Phi) is 4.53. The average molecular weight is 340 g/mol. The molecule has 0 atom stereocenters. The fourth-order valence-corrected chi connectivity index (χ4v) is 3.84. The van der Waals surface area contributed by atoms with E-state index in [9.17, 15) is 0 Å². The fraction of sp³-hybridized carbons (Fsp3) is 0.353. The lowest BCUT2D eigenvalue weighted by molar-refractivity contribution is 0.666. The van der Waals surface area contributed by atoms with E-state index < -0.39 is 0 Å². The summed E-state index contributed by atoms with van der Waals surface area (Å²) in [7, 11) is 0. The smallest absolute Gasteiger partial charge is 0.218 e. The third-order valence-corrected chi connectivity index (χ3v) is 5.16. The van der Waals surface area contributed by atoms with Crippen LogP contribution in [0.1, 0.15) is 24.1 Å². The predicted octanol–water partition coefficient (Wildman–Crippen LogP) is 2.61. The molecule has 3 aromatic rings. The van der Waals surface area contributed by atoms with Crippen molar-refractivity contribution in [2.24, 2.45) is 0 Å². The number of nitrogens with zero attached hydrogens (tertiary/aromatic N) is 5. The van der Waals surface area contributed by atoms with Gasteiger partial charge in [-0.2, -0.15) is 0 Å². The molecule has 0 unspecified atom stereocenters. The van der Waals surface area contributed by atoms with Crippen LogP contribution >= 0.6 is 11.3 Å². The molecule has 4 rings (SSSR count). The van der Waals surface area contributed by atoms with Crippen molar-refractivity contribution >= 4 is 16.5 Å². The first-order chi connectivity index (χ1) is 11.9. The number of rotatable bonds is 6. The highest BCUT2D eigenvalue weighted by Gasteiger charge is 2.17. The van der Waals surface area contributed by atoms with Gasteiger partial charge in [0.15, 0.2) is 0 Å². The third kappa shape index (κ3) is 3.32. The first-order valence-corrected chi connectivity index (χ1v) is 9.06. The van der Waals surface area contributed by atoms with Gasteiger partial charge in [0.25, 0.3) is 0 Å². The minimum atomic E-state index is 0.778. The van der Waals surface area contributed by atoms with Crippen LogP contribution in [0.4, 0.5) is 5.13 Å². The predicted molar refractivity (Wildman–Crippen MR) is 95.5 cm³/mol. The standard InChI is InChI=1S/C17H20N6S/c1-2-9-22(8-1)16-20-21-17(24-16)23-10-4-6-15(23)13-19-12-14-5-3-7-18-11-14/h3-7,10-11,19H,1-2,8-9,12-13H2. The van der Waals surface area contributed by atoms with E-state index in [1.807, 2.05) is 12.3 Å². The van der Waals surface area contributed by atoms with E-state index in [1.54, 1.807) is 17.5 Å². The van der Waals surface area contributed by atoms with Gasteiger partial charge in [-0.3, -0.25) is 9.55 Å². The van der Waals surface area contributed by atoms with Crippen molar-refractivity contribution in [3.05, 3.63) is 54.1 Å². The van der Waals surface area contributed by atoms with Crippen molar-refractivity contribution in [2.75, 3.05) is 18.0 Å². The lowest BCUT2D eigenvalue weighted by Crippen LogP contribution is -2.17. The molecule has 0 radical (unpaired) electrons. The molecule has 24 heavy (non-hydrogen) atoms. The summed E-state index contributed by atoms with van der Waals surface area (Å²) in [6, 6.07) is 8.21. The van der Waals surface area contributed by atoms with Gasteiger partial charge < -0.3 is 10.2 Å². The summed E-state index contributed by atoms with van der Waals surface area (Å²) in [6.07, 6.45) is 8.24. The Hall–Kier alpha value is -2.25. The second-order valence-electron chi connectivity index (χ2n) is 5.90. The minimum absolute atomic E-state index is 0.778. The van der Waals surface area contributed by atoms with Gasteiger partial charge in [-0.05, 0) is 36.6 Å². The van der Waals surface area contributed by atoms with Crippen LogP contribution in [0, 0.1) is 0 Å².